The molecule has 16 heteroatoms. The van der Waals surface area contributed by atoms with Gasteiger partial charge < -0.3 is 15.7 Å². The van der Waals surface area contributed by atoms with Crippen LogP contribution in [0.1, 0.15) is 36.4 Å². The molecule has 236 valence electrons. The van der Waals surface area contributed by atoms with E-state index in [-0.39, 0.29) is 47.3 Å². The molecule has 0 bridgehead atoms. The molecule has 5 heterocycles. The predicted octanol–water partition coefficient (Wildman–Crippen LogP) is 5.23. The molecular formula is C28H27F6N5O4S. The number of hydrogen-bond donors (Lipinski definition) is 3. The number of aromatic nitrogens is 2. The number of halogens is 6. The summed E-state index contributed by atoms with van der Waals surface area (Å²) in [5.41, 5.74) is 1.13. The molecule has 0 aromatic carbocycles. The van der Waals surface area contributed by atoms with Gasteiger partial charge in [-0.05, 0) is 49.1 Å². The largest absolute Gasteiger partial charge is 0.490 e. The maximum Gasteiger partial charge on any atom is 0.490 e. The molecule has 3 fully saturated rings. The van der Waals surface area contributed by atoms with Crippen molar-refractivity contribution in [3.63, 3.8) is 0 Å². The second kappa shape index (κ2) is 11.0. The van der Waals surface area contributed by atoms with Gasteiger partial charge in [-0.3, -0.25) is 19.5 Å². The Morgan fingerprint density at radius 1 is 1.16 bits per heavy atom. The molecule has 44 heavy (non-hydrogen) atoms. The number of fused-ring (bicyclic) bond motifs is 2. The number of carbonyl (C=O) groups excluding carboxylic acids is 2. The summed E-state index contributed by atoms with van der Waals surface area (Å²) >= 11 is 1.33. The van der Waals surface area contributed by atoms with E-state index in [0.717, 1.165) is 23.9 Å². The van der Waals surface area contributed by atoms with Crippen molar-refractivity contribution in [3.8, 4) is 11.3 Å². The first kappa shape index (κ1) is 31.6. The monoisotopic (exact) mass is 643 g/mol. The van der Waals surface area contributed by atoms with E-state index in [9.17, 15) is 35.9 Å². The second-order valence-electron chi connectivity index (χ2n) is 11.5. The number of carboxylic acid groups (broad SMARTS) is 1. The van der Waals surface area contributed by atoms with Gasteiger partial charge in [0.1, 0.15) is 5.69 Å². The standard InChI is InChI=1S/C26H26F3N5O2S.C2HF3O2/c1-12-8-17(26(27,28)29)33-21(20(12)32-13-4-6-30-10-13)15-5-7-31-16-9-14(37-22(15)16)11-34-23(35)18-19(24(34)36)25(18,2)3;3-2(4,5)1(6)7/h5,7-9,13,18-19,30,32H,4,6,10-11H2,1-3H3;(H,6,7). The van der Waals surface area contributed by atoms with Crippen molar-refractivity contribution in [1.82, 2.24) is 20.2 Å². The number of aliphatic carboxylic acids is 1. The lowest BCUT2D eigenvalue weighted by Crippen LogP contribution is -2.35. The van der Waals surface area contributed by atoms with Gasteiger partial charge in [-0.25, -0.2) is 9.78 Å². The Labute approximate surface area is 250 Å². The number of nitrogens with one attached hydrogen (secondary N) is 2. The highest BCUT2D eigenvalue weighted by Crippen LogP contribution is 2.63. The molecule has 3 aromatic heterocycles. The van der Waals surface area contributed by atoms with Gasteiger partial charge in [-0.2, -0.15) is 26.3 Å². The summed E-state index contributed by atoms with van der Waals surface area (Å²) in [6, 6.07) is 4.62. The van der Waals surface area contributed by atoms with Crippen LogP contribution in [0.25, 0.3) is 21.5 Å². The summed E-state index contributed by atoms with van der Waals surface area (Å²) < 4.78 is 73.6. The van der Waals surface area contributed by atoms with Gasteiger partial charge >= 0.3 is 18.3 Å². The van der Waals surface area contributed by atoms with Crippen LogP contribution in [0.2, 0.25) is 0 Å². The number of carbonyl (C=O) groups is 3. The Morgan fingerprint density at radius 3 is 2.34 bits per heavy atom. The van der Waals surface area contributed by atoms with Crippen LogP contribution in [-0.4, -0.2) is 63.1 Å². The van der Waals surface area contributed by atoms with Crippen LogP contribution in [-0.2, 0) is 27.1 Å². The molecule has 6 rings (SSSR count). The fourth-order valence-corrected chi connectivity index (χ4v) is 6.86. The Balaban J connectivity index is 0.000000493. The van der Waals surface area contributed by atoms with E-state index >= 15 is 0 Å². The smallest absolute Gasteiger partial charge is 0.475 e. The predicted molar refractivity (Wildman–Crippen MR) is 147 cm³/mol. The molecule has 0 spiro atoms. The average Bonchev–Trinajstić information content (AvgIpc) is 3.36. The number of rotatable bonds is 5. The summed E-state index contributed by atoms with van der Waals surface area (Å²) in [5.74, 6) is -3.60. The van der Waals surface area contributed by atoms with Gasteiger partial charge in [0.15, 0.2) is 0 Å². The average molecular weight is 644 g/mol. The van der Waals surface area contributed by atoms with Gasteiger partial charge in [-0.15, -0.1) is 11.3 Å². The molecule has 3 aliphatic rings. The Morgan fingerprint density at radius 2 is 1.80 bits per heavy atom. The summed E-state index contributed by atoms with van der Waals surface area (Å²) in [5, 5.41) is 13.8. The molecule has 9 nitrogen and oxygen atoms in total. The van der Waals surface area contributed by atoms with Crippen molar-refractivity contribution in [2.24, 2.45) is 17.3 Å². The Hall–Kier alpha value is -3.79. The summed E-state index contributed by atoms with van der Waals surface area (Å²) in [6.45, 7) is 7.20. The number of pyridine rings is 2. The number of piperidine rings is 1. The fourth-order valence-electron chi connectivity index (χ4n) is 5.74. The zero-order valence-electron chi connectivity index (χ0n) is 23.6. The lowest BCUT2D eigenvalue weighted by Gasteiger charge is -2.20. The molecule has 0 radical (unpaired) electrons. The lowest BCUT2D eigenvalue weighted by atomic mass is 10.0. The maximum atomic E-state index is 13.7. The summed E-state index contributed by atoms with van der Waals surface area (Å²) in [6.07, 6.45) is -7.27. The maximum absolute atomic E-state index is 13.7. The van der Waals surface area contributed by atoms with Crippen LogP contribution in [0, 0.1) is 24.2 Å². The second-order valence-corrected chi connectivity index (χ2v) is 12.6. The highest BCUT2D eigenvalue weighted by Gasteiger charge is 2.72. The third kappa shape index (κ3) is 5.84. The number of hydrogen-bond acceptors (Lipinski definition) is 8. The first-order chi connectivity index (χ1) is 20.4. The lowest BCUT2D eigenvalue weighted by molar-refractivity contribution is -0.192. The number of thiophene rings is 1. The van der Waals surface area contributed by atoms with Gasteiger partial charge in [0.2, 0.25) is 11.8 Å². The minimum atomic E-state index is -5.08. The van der Waals surface area contributed by atoms with Crippen LogP contribution in [0.15, 0.2) is 24.4 Å². The minimum Gasteiger partial charge on any atom is -0.475 e. The van der Waals surface area contributed by atoms with E-state index < -0.39 is 24.0 Å². The quantitative estimate of drug-likeness (QED) is 0.255. The van der Waals surface area contributed by atoms with Crippen molar-refractivity contribution in [1.29, 1.82) is 0 Å². The zero-order chi connectivity index (χ0) is 32.4. The van der Waals surface area contributed by atoms with E-state index in [2.05, 4.69) is 20.6 Å². The van der Waals surface area contributed by atoms with Crippen molar-refractivity contribution >= 4 is 45.0 Å². The Bertz CT molecular complexity index is 1620. The summed E-state index contributed by atoms with van der Waals surface area (Å²) in [4.78, 5) is 45.1. The van der Waals surface area contributed by atoms with Crippen molar-refractivity contribution in [2.75, 3.05) is 18.4 Å². The number of anilines is 1. The van der Waals surface area contributed by atoms with E-state index in [0.29, 0.717) is 33.6 Å². The SMILES string of the molecule is Cc1cc(C(F)(F)F)nc(-c2ccnc3cc(CN4C(=O)C5C(C4=O)C5(C)C)sc23)c1NC1CCNC1.O=C(O)C(F)(F)F. The first-order valence-electron chi connectivity index (χ1n) is 13.5. The highest BCUT2D eigenvalue weighted by molar-refractivity contribution is 7.19. The fraction of sp³-hybridized carbons (Fsp3) is 0.464. The van der Waals surface area contributed by atoms with Crippen LogP contribution >= 0.6 is 11.3 Å². The van der Waals surface area contributed by atoms with Crippen molar-refractivity contribution in [2.45, 2.75) is 52.1 Å². The van der Waals surface area contributed by atoms with Crippen molar-refractivity contribution in [3.05, 3.63) is 40.5 Å². The molecular weight excluding hydrogens is 616 g/mol. The normalized spacial score (nSPS) is 22.6. The summed E-state index contributed by atoms with van der Waals surface area (Å²) in [7, 11) is 0. The van der Waals surface area contributed by atoms with Gasteiger partial charge in [0.25, 0.3) is 0 Å². The molecule has 1 saturated carbocycles. The van der Waals surface area contributed by atoms with Crippen LogP contribution in [0.4, 0.5) is 32.0 Å². The molecule has 3 unspecified atom stereocenters. The highest BCUT2D eigenvalue weighted by atomic mass is 32.1. The van der Waals surface area contributed by atoms with E-state index in [1.165, 1.54) is 16.2 Å². The van der Waals surface area contributed by atoms with E-state index in [1.807, 2.05) is 13.8 Å². The van der Waals surface area contributed by atoms with Crippen LogP contribution in [0.5, 0.6) is 0 Å². The third-order valence-electron chi connectivity index (χ3n) is 8.08. The molecule has 2 saturated heterocycles. The topological polar surface area (TPSA) is 125 Å². The molecule has 3 N–H and O–H groups in total. The van der Waals surface area contributed by atoms with Gasteiger partial charge in [0.05, 0.1) is 40.0 Å². The number of imide groups is 1. The number of likely N-dealkylation sites (tertiary alicyclic amines) is 1. The van der Waals surface area contributed by atoms with Gasteiger partial charge in [-0.1, -0.05) is 13.8 Å². The molecule has 1 aliphatic carbocycles. The van der Waals surface area contributed by atoms with Crippen molar-refractivity contribution < 1.29 is 45.8 Å². The molecule has 3 aromatic rings. The molecule has 2 amide bonds. The molecule has 3 atom stereocenters. The minimum absolute atomic E-state index is 0.0788. The van der Waals surface area contributed by atoms with Gasteiger partial charge in [0, 0.05) is 29.2 Å². The van der Waals surface area contributed by atoms with E-state index in [1.54, 1.807) is 25.3 Å². The van der Waals surface area contributed by atoms with Crippen LogP contribution in [0.3, 0.4) is 0 Å². The first-order valence-corrected chi connectivity index (χ1v) is 14.3. The number of alkyl halides is 6. The number of amides is 2. The number of carboxylic acids is 1. The third-order valence-corrected chi connectivity index (χ3v) is 9.22. The number of aryl methyl sites for hydroxylation is 1. The number of nitrogens with zero attached hydrogens (tertiary/aromatic N) is 3. The van der Waals surface area contributed by atoms with Crippen LogP contribution < -0.4 is 10.6 Å². The molecule has 2 aliphatic heterocycles. The Kier molecular flexibility index (Phi) is 7.89. The van der Waals surface area contributed by atoms with E-state index in [4.69, 9.17) is 9.90 Å². The zero-order valence-corrected chi connectivity index (χ0v) is 24.4.